The maximum Gasteiger partial charge on any atom is 0.338 e. The van der Waals surface area contributed by atoms with E-state index in [-0.39, 0.29) is 5.82 Å². The Bertz CT molecular complexity index is 363. The van der Waals surface area contributed by atoms with E-state index in [1.54, 1.807) is 6.92 Å². The lowest BCUT2D eigenvalue weighted by molar-refractivity contribution is 0.0599. The van der Waals surface area contributed by atoms with Gasteiger partial charge < -0.3 is 4.74 Å². The molecule has 76 valence electrons. The average molecular weight is 261 g/mol. The third kappa shape index (κ3) is 2.12. The molecule has 1 aromatic rings. The van der Waals surface area contributed by atoms with Gasteiger partial charge in [0.15, 0.2) is 0 Å². The van der Waals surface area contributed by atoms with Gasteiger partial charge in [-0.05, 0) is 30.2 Å². The van der Waals surface area contributed by atoms with Gasteiger partial charge in [-0.1, -0.05) is 15.9 Å². The fourth-order valence-electron chi connectivity index (χ4n) is 1.13. The molecule has 0 bridgehead atoms. The van der Waals surface area contributed by atoms with Crippen LogP contribution in [0.5, 0.6) is 0 Å². The van der Waals surface area contributed by atoms with Gasteiger partial charge in [-0.15, -0.1) is 0 Å². The first kappa shape index (κ1) is 11.2. The van der Waals surface area contributed by atoms with E-state index >= 15 is 0 Å². The van der Waals surface area contributed by atoms with Gasteiger partial charge in [-0.3, -0.25) is 0 Å². The summed E-state index contributed by atoms with van der Waals surface area (Å²) in [5.74, 6) is -0.755. The van der Waals surface area contributed by atoms with Gasteiger partial charge in [0.05, 0.1) is 12.7 Å². The van der Waals surface area contributed by atoms with Gasteiger partial charge in [-0.2, -0.15) is 0 Å². The van der Waals surface area contributed by atoms with Crippen LogP contribution in [0.3, 0.4) is 0 Å². The Labute approximate surface area is 90.2 Å². The lowest BCUT2D eigenvalue weighted by Crippen LogP contribution is -2.06. The Morgan fingerprint density at radius 1 is 1.57 bits per heavy atom. The van der Waals surface area contributed by atoms with E-state index in [4.69, 9.17) is 0 Å². The van der Waals surface area contributed by atoms with Crippen LogP contribution in [0.1, 0.15) is 21.5 Å². The minimum atomic E-state index is -0.442. The smallest absolute Gasteiger partial charge is 0.338 e. The van der Waals surface area contributed by atoms with E-state index in [2.05, 4.69) is 20.7 Å². The number of esters is 1. The fraction of sp³-hybridized carbons (Fsp3) is 0.300. The zero-order valence-corrected chi connectivity index (χ0v) is 9.52. The molecule has 0 aliphatic carbocycles. The lowest BCUT2D eigenvalue weighted by Gasteiger charge is -2.07. The van der Waals surface area contributed by atoms with Crippen LogP contribution in [-0.2, 0) is 10.1 Å². The minimum Gasteiger partial charge on any atom is -0.465 e. The van der Waals surface area contributed by atoms with Crippen molar-refractivity contribution in [2.75, 3.05) is 7.11 Å². The number of benzene rings is 1. The lowest BCUT2D eigenvalue weighted by atomic mass is 10.1. The summed E-state index contributed by atoms with van der Waals surface area (Å²) in [5, 5.41) is 0.425. The summed E-state index contributed by atoms with van der Waals surface area (Å²) in [6.45, 7) is 1.61. The summed E-state index contributed by atoms with van der Waals surface area (Å²) in [6, 6.07) is 2.84. The molecule has 0 radical (unpaired) electrons. The molecule has 0 unspecified atom stereocenters. The Morgan fingerprint density at radius 3 is 2.71 bits per heavy atom. The van der Waals surface area contributed by atoms with Crippen LogP contribution in [0, 0.1) is 12.7 Å². The quantitative estimate of drug-likeness (QED) is 0.604. The van der Waals surface area contributed by atoms with Crippen LogP contribution in [-0.4, -0.2) is 13.1 Å². The first-order valence-corrected chi connectivity index (χ1v) is 5.15. The number of aryl methyl sites for hydroxylation is 1. The topological polar surface area (TPSA) is 26.3 Å². The predicted molar refractivity (Wildman–Crippen MR) is 55.1 cm³/mol. The Balaban J connectivity index is 3.27. The first-order valence-electron chi connectivity index (χ1n) is 4.03. The van der Waals surface area contributed by atoms with Crippen LogP contribution in [0.4, 0.5) is 4.39 Å². The normalized spacial score (nSPS) is 10.0. The molecule has 0 aliphatic heterocycles. The van der Waals surface area contributed by atoms with E-state index in [9.17, 15) is 9.18 Å². The number of hydrogen-bond acceptors (Lipinski definition) is 2. The Morgan fingerprint density at radius 2 is 2.21 bits per heavy atom. The zero-order valence-electron chi connectivity index (χ0n) is 7.93. The van der Waals surface area contributed by atoms with Gasteiger partial charge in [0.1, 0.15) is 5.82 Å². The molecule has 1 aromatic carbocycles. The summed E-state index contributed by atoms with van der Waals surface area (Å²) >= 11 is 3.19. The van der Waals surface area contributed by atoms with Gasteiger partial charge in [0.25, 0.3) is 0 Å². The predicted octanol–water partition coefficient (Wildman–Crippen LogP) is 2.82. The highest BCUT2D eigenvalue weighted by molar-refractivity contribution is 9.08. The molecule has 4 heteroatoms. The molecule has 0 aromatic heterocycles. The average Bonchev–Trinajstić information content (AvgIpc) is 2.20. The van der Waals surface area contributed by atoms with Crippen LogP contribution in [0.25, 0.3) is 0 Å². The molecule has 0 N–H and O–H groups in total. The maximum absolute atomic E-state index is 13.1. The molecule has 2 nitrogen and oxygen atoms in total. The van der Waals surface area contributed by atoms with Crippen molar-refractivity contribution in [3.63, 3.8) is 0 Å². The summed E-state index contributed by atoms with van der Waals surface area (Å²) in [6.07, 6.45) is 0. The number of rotatable bonds is 2. The number of methoxy groups -OCH3 is 1. The molecule has 0 spiro atoms. The third-order valence-electron chi connectivity index (χ3n) is 1.93. The van der Waals surface area contributed by atoms with E-state index in [0.29, 0.717) is 22.0 Å². The largest absolute Gasteiger partial charge is 0.465 e. The molecule has 0 atom stereocenters. The summed E-state index contributed by atoms with van der Waals surface area (Å²) in [5.41, 5.74) is 1.44. The van der Waals surface area contributed by atoms with Gasteiger partial charge in [0, 0.05) is 5.33 Å². The van der Waals surface area contributed by atoms with E-state index in [1.165, 1.54) is 19.2 Å². The molecule has 0 aliphatic rings. The minimum absolute atomic E-state index is 0.313. The SMILES string of the molecule is COC(=O)c1cc(C)c(F)cc1CBr. The molecule has 0 saturated carbocycles. The number of hydrogen-bond donors (Lipinski definition) is 0. The molecule has 0 amide bonds. The standard InChI is InChI=1S/C10H10BrFO2/c1-6-3-8(10(13)14-2)7(5-11)4-9(6)12/h3-4H,5H2,1-2H3. The molecule has 1 rings (SSSR count). The maximum atomic E-state index is 13.1. The third-order valence-corrected chi connectivity index (χ3v) is 2.54. The van der Waals surface area contributed by atoms with Crippen molar-refractivity contribution < 1.29 is 13.9 Å². The van der Waals surface area contributed by atoms with Crippen molar-refractivity contribution in [1.82, 2.24) is 0 Å². The van der Waals surface area contributed by atoms with Crippen LogP contribution in [0.15, 0.2) is 12.1 Å². The van der Waals surface area contributed by atoms with Crippen molar-refractivity contribution in [1.29, 1.82) is 0 Å². The number of alkyl halides is 1. The molecule has 0 saturated heterocycles. The molecule has 0 heterocycles. The molecular weight excluding hydrogens is 251 g/mol. The Kier molecular flexibility index (Phi) is 3.63. The van der Waals surface area contributed by atoms with Crippen molar-refractivity contribution >= 4 is 21.9 Å². The second kappa shape index (κ2) is 4.55. The van der Waals surface area contributed by atoms with Crippen LogP contribution in [0.2, 0.25) is 0 Å². The van der Waals surface area contributed by atoms with Crippen molar-refractivity contribution in [2.24, 2.45) is 0 Å². The second-order valence-electron chi connectivity index (χ2n) is 2.88. The highest BCUT2D eigenvalue weighted by Crippen LogP contribution is 2.18. The number of halogens is 2. The van der Waals surface area contributed by atoms with E-state index in [1.807, 2.05) is 0 Å². The summed E-state index contributed by atoms with van der Waals surface area (Å²) < 4.78 is 17.7. The molecular formula is C10H10BrFO2. The monoisotopic (exact) mass is 260 g/mol. The van der Waals surface area contributed by atoms with Gasteiger partial charge >= 0.3 is 5.97 Å². The summed E-state index contributed by atoms with van der Waals surface area (Å²) in [4.78, 5) is 11.3. The highest BCUT2D eigenvalue weighted by atomic mass is 79.9. The zero-order chi connectivity index (χ0) is 10.7. The number of ether oxygens (including phenoxy) is 1. The van der Waals surface area contributed by atoms with Crippen molar-refractivity contribution in [3.8, 4) is 0 Å². The van der Waals surface area contributed by atoms with E-state index in [0.717, 1.165) is 0 Å². The first-order chi connectivity index (χ1) is 6.60. The van der Waals surface area contributed by atoms with Crippen LogP contribution < -0.4 is 0 Å². The second-order valence-corrected chi connectivity index (χ2v) is 3.44. The van der Waals surface area contributed by atoms with Gasteiger partial charge in [0.2, 0.25) is 0 Å². The van der Waals surface area contributed by atoms with Crippen molar-refractivity contribution in [3.05, 3.63) is 34.6 Å². The highest BCUT2D eigenvalue weighted by Gasteiger charge is 2.13. The van der Waals surface area contributed by atoms with Crippen LogP contribution >= 0.6 is 15.9 Å². The number of carbonyl (C=O) groups excluding carboxylic acids is 1. The molecule has 14 heavy (non-hydrogen) atoms. The van der Waals surface area contributed by atoms with Crippen molar-refractivity contribution in [2.45, 2.75) is 12.3 Å². The van der Waals surface area contributed by atoms with Gasteiger partial charge in [-0.25, -0.2) is 9.18 Å². The summed E-state index contributed by atoms with van der Waals surface area (Å²) in [7, 11) is 1.30. The number of carbonyl (C=O) groups is 1. The molecule has 0 fully saturated rings. The fourth-order valence-corrected chi connectivity index (χ4v) is 1.60. The van der Waals surface area contributed by atoms with E-state index < -0.39 is 5.97 Å². The Hall–Kier alpha value is -0.900.